The van der Waals surface area contributed by atoms with Crippen LogP contribution in [0.5, 0.6) is 0 Å². The van der Waals surface area contributed by atoms with Crippen LogP contribution < -0.4 is 5.32 Å². The number of hydrogen-bond acceptors (Lipinski definition) is 7. The fourth-order valence-electron chi connectivity index (χ4n) is 3.04. The van der Waals surface area contributed by atoms with Crippen LogP contribution in [-0.4, -0.2) is 51.7 Å². The maximum Gasteiger partial charge on any atom is 0.407 e. The van der Waals surface area contributed by atoms with Gasteiger partial charge < -0.3 is 19.5 Å². The van der Waals surface area contributed by atoms with Gasteiger partial charge in [0.05, 0.1) is 26.1 Å². The van der Waals surface area contributed by atoms with Crippen LogP contribution in [0.2, 0.25) is 0 Å². The van der Waals surface area contributed by atoms with Crippen molar-refractivity contribution in [3.63, 3.8) is 0 Å². The molecule has 0 saturated carbocycles. The maximum atomic E-state index is 12.2. The fourth-order valence-corrected chi connectivity index (χ4v) is 3.42. The number of carbonyl (C=O) groups excluding carboxylic acids is 1. The Morgan fingerprint density at radius 2 is 1.46 bits per heavy atom. The molecule has 0 unspecified atom stereocenters. The van der Waals surface area contributed by atoms with Gasteiger partial charge in [-0.1, -0.05) is 67.2 Å². The number of rotatable bonds is 13. The first-order valence-electron chi connectivity index (χ1n) is 11.2. The van der Waals surface area contributed by atoms with Crippen LogP contribution in [0, 0.1) is 0 Å². The van der Waals surface area contributed by atoms with Crippen molar-refractivity contribution in [2.75, 3.05) is 19.4 Å². The number of ether oxygens (including phenoxy) is 3. The van der Waals surface area contributed by atoms with Gasteiger partial charge in [-0.3, -0.25) is 4.18 Å². The highest BCUT2D eigenvalue weighted by Gasteiger charge is 2.28. The second-order valence-corrected chi connectivity index (χ2v) is 10.7. The van der Waals surface area contributed by atoms with Crippen LogP contribution in [0.1, 0.15) is 31.9 Å². The number of hydrogen-bond donors (Lipinski definition) is 1. The van der Waals surface area contributed by atoms with E-state index in [-0.39, 0.29) is 26.4 Å². The molecule has 0 aliphatic rings. The van der Waals surface area contributed by atoms with E-state index in [9.17, 15) is 13.2 Å². The zero-order valence-electron chi connectivity index (χ0n) is 20.7. The first-order valence-corrected chi connectivity index (χ1v) is 13.0. The molecule has 0 aromatic heterocycles. The summed E-state index contributed by atoms with van der Waals surface area (Å²) in [6.45, 7) is 9.56. The van der Waals surface area contributed by atoms with Gasteiger partial charge in [-0.2, -0.15) is 8.42 Å². The van der Waals surface area contributed by atoms with E-state index in [1.807, 2.05) is 60.7 Å². The third-order valence-corrected chi connectivity index (χ3v) is 5.19. The van der Waals surface area contributed by atoms with Crippen LogP contribution in [0.3, 0.4) is 0 Å². The minimum absolute atomic E-state index is 0.0401. The number of amides is 1. The van der Waals surface area contributed by atoms with Crippen molar-refractivity contribution in [1.29, 1.82) is 0 Å². The summed E-state index contributed by atoms with van der Waals surface area (Å²) < 4.78 is 46.0. The van der Waals surface area contributed by atoms with E-state index in [0.717, 1.165) is 17.4 Å². The number of benzene rings is 2. The van der Waals surface area contributed by atoms with Crippen LogP contribution in [-0.2, 0) is 41.7 Å². The zero-order valence-corrected chi connectivity index (χ0v) is 21.5. The molecule has 192 valence electrons. The lowest BCUT2D eigenvalue weighted by molar-refractivity contribution is -0.0846. The highest BCUT2D eigenvalue weighted by molar-refractivity contribution is 7.85. The third-order valence-electron chi connectivity index (χ3n) is 4.62. The summed E-state index contributed by atoms with van der Waals surface area (Å²) in [4.78, 5) is 12.2. The molecule has 0 spiro atoms. The van der Waals surface area contributed by atoms with Gasteiger partial charge in [-0.25, -0.2) is 4.79 Å². The largest absolute Gasteiger partial charge is 0.444 e. The van der Waals surface area contributed by atoms with Crippen molar-refractivity contribution in [3.05, 3.63) is 83.9 Å². The summed E-state index contributed by atoms with van der Waals surface area (Å²) in [7, 11) is -3.73. The molecule has 0 heterocycles. The molecule has 0 bridgehead atoms. The predicted molar refractivity (Wildman–Crippen MR) is 134 cm³/mol. The molecule has 1 amide bonds. The van der Waals surface area contributed by atoms with Crippen molar-refractivity contribution < 1.29 is 31.6 Å². The lowest BCUT2D eigenvalue weighted by atomic mass is 10.1. The number of carbonyl (C=O) groups is 1. The molecule has 2 rings (SSSR count). The molecule has 0 radical (unpaired) electrons. The lowest BCUT2D eigenvalue weighted by Crippen LogP contribution is -2.41. The molecule has 1 N–H and O–H groups in total. The molecule has 0 aliphatic carbocycles. The highest BCUT2D eigenvalue weighted by atomic mass is 32.2. The van der Waals surface area contributed by atoms with Crippen molar-refractivity contribution >= 4 is 16.2 Å². The summed E-state index contributed by atoms with van der Waals surface area (Å²) in [6.07, 6.45) is -1.23. The van der Waals surface area contributed by atoms with Crippen LogP contribution >= 0.6 is 0 Å². The highest BCUT2D eigenvalue weighted by Crippen LogP contribution is 2.19. The van der Waals surface area contributed by atoms with Gasteiger partial charge in [0.15, 0.2) is 0 Å². The molecule has 2 aromatic carbocycles. The smallest absolute Gasteiger partial charge is 0.407 e. The summed E-state index contributed by atoms with van der Waals surface area (Å²) in [5.74, 6) is 0. The minimum Gasteiger partial charge on any atom is -0.444 e. The molecule has 0 fully saturated rings. The SMILES string of the molecule is C=C(CNC(=O)OC(C)(C)C)[C@H](OCc1ccccc1)[C@@H](COS(C)(=O)=O)OCc1ccccc1. The Hall–Kier alpha value is -2.72. The predicted octanol–water partition coefficient (Wildman–Crippen LogP) is 4.21. The molecule has 8 nitrogen and oxygen atoms in total. The molecule has 0 saturated heterocycles. The molecule has 2 atom stereocenters. The van der Waals surface area contributed by atoms with Gasteiger partial charge in [0.25, 0.3) is 10.1 Å². The molecular formula is C26H35NO7S. The van der Waals surface area contributed by atoms with E-state index in [4.69, 9.17) is 18.4 Å². The summed E-state index contributed by atoms with van der Waals surface area (Å²) in [5, 5.41) is 2.66. The Bertz CT molecular complexity index is 1030. The number of nitrogens with one attached hydrogen (secondary N) is 1. The van der Waals surface area contributed by atoms with E-state index >= 15 is 0 Å². The van der Waals surface area contributed by atoms with Gasteiger partial charge in [-0.05, 0) is 37.5 Å². The Labute approximate surface area is 208 Å². The first-order chi connectivity index (χ1) is 16.4. The second kappa shape index (κ2) is 13.4. The molecule has 35 heavy (non-hydrogen) atoms. The average molecular weight is 506 g/mol. The number of alkyl carbamates (subject to hydrolysis) is 1. The first kappa shape index (κ1) is 28.5. The Morgan fingerprint density at radius 3 is 1.94 bits per heavy atom. The van der Waals surface area contributed by atoms with Gasteiger partial charge >= 0.3 is 6.09 Å². The zero-order chi connectivity index (χ0) is 25.9. The average Bonchev–Trinajstić information content (AvgIpc) is 2.78. The van der Waals surface area contributed by atoms with Gasteiger partial charge in [0, 0.05) is 6.54 Å². The molecular weight excluding hydrogens is 470 g/mol. The van der Waals surface area contributed by atoms with E-state index in [2.05, 4.69) is 11.9 Å². The van der Waals surface area contributed by atoms with Crippen LogP contribution in [0.25, 0.3) is 0 Å². The topological polar surface area (TPSA) is 100 Å². The quantitative estimate of drug-likeness (QED) is 0.321. The minimum atomic E-state index is -3.73. The molecule has 2 aromatic rings. The van der Waals surface area contributed by atoms with E-state index in [1.165, 1.54) is 0 Å². The maximum absolute atomic E-state index is 12.2. The Morgan fingerprint density at radius 1 is 0.943 bits per heavy atom. The van der Waals surface area contributed by atoms with Gasteiger partial charge in [-0.15, -0.1) is 0 Å². The van der Waals surface area contributed by atoms with Gasteiger partial charge in [0.1, 0.15) is 17.8 Å². The normalized spacial score (nSPS) is 13.6. The monoisotopic (exact) mass is 505 g/mol. The standard InChI is InChI=1S/C26H35NO7S/c1-20(16-27-25(28)34-26(2,3)4)24(32-18-22-14-10-7-11-15-22)23(19-33-35(5,29)30)31-17-21-12-8-6-9-13-21/h6-15,23-24H,1,16-19H2,2-5H3,(H,27,28)/t23-,24+/m1/s1. The van der Waals surface area contributed by atoms with Crippen LogP contribution in [0.15, 0.2) is 72.8 Å². The molecule has 0 aliphatic heterocycles. The Balaban J connectivity index is 2.19. The third kappa shape index (κ3) is 12.0. The van der Waals surface area contributed by atoms with Crippen molar-refractivity contribution in [3.8, 4) is 0 Å². The van der Waals surface area contributed by atoms with E-state index < -0.39 is 34.0 Å². The van der Waals surface area contributed by atoms with Crippen molar-refractivity contribution in [1.82, 2.24) is 5.32 Å². The van der Waals surface area contributed by atoms with Crippen molar-refractivity contribution in [2.45, 2.75) is 51.8 Å². The fraction of sp³-hybridized carbons (Fsp3) is 0.423. The summed E-state index contributed by atoms with van der Waals surface area (Å²) in [6, 6.07) is 18.9. The van der Waals surface area contributed by atoms with Gasteiger partial charge in [0.2, 0.25) is 0 Å². The van der Waals surface area contributed by atoms with E-state index in [1.54, 1.807) is 20.8 Å². The van der Waals surface area contributed by atoms with Crippen LogP contribution in [0.4, 0.5) is 4.79 Å². The Kier molecular flexibility index (Phi) is 10.9. The van der Waals surface area contributed by atoms with E-state index in [0.29, 0.717) is 5.57 Å². The summed E-state index contributed by atoms with van der Waals surface area (Å²) in [5.41, 5.74) is 1.63. The van der Waals surface area contributed by atoms with Crippen molar-refractivity contribution in [2.24, 2.45) is 0 Å². The summed E-state index contributed by atoms with van der Waals surface area (Å²) >= 11 is 0. The second-order valence-electron chi connectivity index (χ2n) is 9.05. The lowest BCUT2D eigenvalue weighted by Gasteiger charge is -2.29. The molecule has 9 heteroatoms.